The molecular weight excluding hydrogens is 256 g/mol. The second-order valence-electron chi connectivity index (χ2n) is 3.95. The van der Waals surface area contributed by atoms with E-state index in [-0.39, 0.29) is 0 Å². The lowest BCUT2D eigenvalue weighted by Crippen LogP contribution is -2.10. The number of alkyl halides is 1. The highest BCUT2D eigenvalue weighted by molar-refractivity contribution is 9.09. The van der Waals surface area contributed by atoms with E-state index in [0.29, 0.717) is 10.7 Å². The summed E-state index contributed by atoms with van der Waals surface area (Å²) in [5.74, 6) is 0.545. The fourth-order valence-corrected chi connectivity index (χ4v) is 2.32. The van der Waals surface area contributed by atoms with Crippen molar-refractivity contribution in [2.75, 3.05) is 0 Å². The number of allylic oxidation sites excluding steroid dienone is 3. The minimum Gasteiger partial charge on any atom is -0.143 e. The van der Waals surface area contributed by atoms with Crippen molar-refractivity contribution in [3.63, 3.8) is 0 Å². The maximum atomic E-state index is 4.56. The van der Waals surface area contributed by atoms with E-state index >= 15 is 0 Å². The molecule has 82 valence electrons. The van der Waals surface area contributed by atoms with Gasteiger partial charge in [0.25, 0.3) is 0 Å². The number of hydrogen-bond donors (Lipinski definition) is 1. The van der Waals surface area contributed by atoms with Crippen molar-refractivity contribution in [1.29, 1.82) is 0 Å². The van der Waals surface area contributed by atoms with Crippen LogP contribution in [0.3, 0.4) is 0 Å². The molecule has 0 aromatic carbocycles. The monoisotopic (exact) mass is 276 g/mol. The molecule has 0 aliphatic heterocycles. The Kier molecular flexibility index (Phi) is 6.88. The molecule has 0 nitrogen and oxygen atoms in total. The van der Waals surface area contributed by atoms with Crippen molar-refractivity contribution in [3.05, 3.63) is 22.1 Å². The smallest absolute Gasteiger partial charge is 0.0180 e. The minimum absolute atomic E-state index is 0.505. The second-order valence-corrected chi connectivity index (χ2v) is 5.88. The molecular formula is C12H21BrS. The Morgan fingerprint density at radius 2 is 1.86 bits per heavy atom. The minimum atomic E-state index is 0.505. The zero-order valence-corrected chi connectivity index (χ0v) is 12.2. The van der Waals surface area contributed by atoms with Crippen LogP contribution in [0.2, 0.25) is 0 Å². The van der Waals surface area contributed by atoms with E-state index in [9.17, 15) is 0 Å². The second kappa shape index (κ2) is 6.73. The lowest BCUT2D eigenvalue weighted by molar-refractivity contribution is 0.655. The Bertz CT molecular complexity index is 235. The van der Waals surface area contributed by atoms with E-state index in [1.807, 2.05) is 0 Å². The summed E-state index contributed by atoms with van der Waals surface area (Å²) in [5, 5.41) is 0. The lowest BCUT2D eigenvalue weighted by Gasteiger charge is -2.19. The molecule has 0 radical (unpaired) electrons. The quantitative estimate of drug-likeness (QED) is 0.419. The molecule has 0 saturated heterocycles. The van der Waals surface area contributed by atoms with Crippen LogP contribution < -0.4 is 0 Å². The van der Waals surface area contributed by atoms with Crippen LogP contribution in [0, 0.1) is 5.92 Å². The van der Waals surface area contributed by atoms with Gasteiger partial charge in [-0.2, -0.15) is 0 Å². The van der Waals surface area contributed by atoms with E-state index in [0.717, 1.165) is 11.3 Å². The molecule has 0 heterocycles. The summed E-state index contributed by atoms with van der Waals surface area (Å²) in [6.07, 6.45) is 3.22. The van der Waals surface area contributed by atoms with Crippen LogP contribution in [-0.4, -0.2) is 4.83 Å². The van der Waals surface area contributed by atoms with Crippen molar-refractivity contribution in [3.8, 4) is 0 Å². The molecule has 0 N–H and O–H groups in total. The Labute approximate surface area is 102 Å². The average molecular weight is 277 g/mol. The number of thiol groups is 1. The first-order valence-corrected chi connectivity index (χ1v) is 6.47. The number of hydrogen-bond acceptors (Lipinski definition) is 1. The maximum Gasteiger partial charge on any atom is 0.0180 e. The number of halogens is 1. The number of rotatable bonds is 4. The molecule has 0 rings (SSSR count). The Morgan fingerprint density at radius 3 is 2.14 bits per heavy atom. The van der Waals surface area contributed by atoms with Gasteiger partial charge in [0.2, 0.25) is 0 Å². The standard InChI is InChI=1S/C12H21BrS/c1-6-11(9(4)10(5)13)12(14)7-8(2)3/h7,9-10,14H,6H2,1-5H3/b12-11+/t9-,10+/m0/s1. The lowest BCUT2D eigenvalue weighted by atomic mass is 9.95. The van der Waals surface area contributed by atoms with Gasteiger partial charge in [-0.25, -0.2) is 0 Å². The Balaban J connectivity index is 4.93. The highest BCUT2D eigenvalue weighted by Gasteiger charge is 2.14. The van der Waals surface area contributed by atoms with Crippen molar-refractivity contribution >= 4 is 28.6 Å². The van der Waals surface area contributed by atoms with Crippen molar-refractivity contribution in [2.24, 2.45) is 5.92 Å². The van der Waals surface area contributed by atoms with E-state index in [2.05, 4.69) is 69.3 Å². The molecule has 0 aromatic heterocycles. The fourth-order valence-electron chi connectivity index (χ4n) is 1.38. The third kappa shape index (κ3) is 4.70. The summed E-state index contributed by atoms with van der Waals surface area (Å²) in [6.45, 7) is 10.8. The van der Waals surface area contributed by atoms with Crippen molar-refractivity contribution < 1.29 is 0 Å². The predicted molar refractivity (Wildman–Crippen MR) is 73.3 cm³/mol. The van der Waals surface area contributed by atoms with Gasteiger partial charge in [-0.15, -0.1) is 12.6 Å². The zero-order chi connectivity index (χ0) is 11.3. The first kappa shape index (κ1) is 14.3. The van der Waals surface area contributed by atoms with Gasteiger partial charge in [-0.05, 0) is 26.2 Å². The summed E-state index contributed by atoms with van der Waals surface area (Å²) in [6, 6.07) is 0. The summed E-state index contributed by atoms with van der Waals surface area (Å²) in [7, 11) is 0. The molecule has 0 aliphatic rings. The van der Waals surface area contributed by atoms with Gasteiger partial charge >= 0.3 is 0 Å². The molecule has 2 heteroatoms. The van der Waals surface area contributed by atoms with Gasteiger partial charge in [0, 0.05) is 9.73 Å². The van der Waals surface area contributed by atoms with Crippen LogP contribution >= 0.6 is 28.6 Å². The molecule has 0 unspecified atom stereocenters. The van der Waals surface area contributed by atoms with Gasteiger partial charge in [0.15, 0.2) is 0 Å². The van der Waals surface area contributed by atoms with E-state index in [1.54, 1.807) is 0 Å². The fraction of sp³-hybridized carbons (Fsp3) is 0.667. The van der Waals surface area contributed by atoms with Crippen LogP contribution in [0.25, 0.3) is 0 Å². The van der Waals surface area contributed by atoms with Crippen molar-refractivity contribution in [1.82, 2.24) is 0 Å². The van der Waals surface area contributed by atoms with Crippen LogP contribution in [0.5, 0.6) is 0 Å². The Hall–Kier alpha value is 0.310. The van der Waals surface area contributed by atoms with E-state index in [1.165, 1.54) is 11.1 Å². The van der Waals surface area contributed by atoms with Gasteiger partial charge in [0.1, 0.15) is 0 Å². The summed E-state index contributed by atoms with van der Waals surface area (Å²) < 4.78 is 0. The summed E-state index contributed by atoms with van der Waals surface area (Å²) >= 11 is 8.19. The third-order valence-electron chi connectivity index (χ3n) is 2.37. The van der Waals surface area contributed by atoms with Gasteiger partial charge in [0.05, 0.1) is 0 Å². The zero-order valence-electron chi connectivity index (χ0n) is 9.76. The molecule has 0 fully saturated rings. The van der Waals surface area contributed by atoms with Crippen LogP contribution in [-0.2, 0) is 0 Å². The third-order valence-corrected chi connectivity index (χ3v) is 3.58. The van der Waals surface area contributed by atoms with Crippen molar-refractivity contribution in [2.45, 2.75) is 45.9 Å². The topological polar surface area (TPSA) is 0 Å². The van der Waals surface area contributed by atoms with Crippen LogP contribution in [0.1, 0.15) is 41.0 Å². The predicted octanol–water partition coefficient (Wildman–Crippen LogP) is 4.97. The molecule has 0 amide bonds. The summed E-state index contributed by atoms with van der Waals surface area (Å²) in [4.78, 5) is 1.64. The first-order valence-electron chi connectivity index (χ1n) is 5.11. The molecule has 2 atom stereocenters. The molecule has 14 heavy (non-hydrogen) atoms. The van der Waals surface area contributed by atoms with Gasteiger partial charge < -0.3 is 0 Å². The SMILES string of the molecule is CC/C(=C(\S)C=C(C)C)[C@@H](C)[C@@H](C)Br. The van der Waals surface area contributed by atoms with Gasteiger partial charge in [-0.1, -0.05) is 53.9 Å². The highest BCUT2D eigenvalue weighted by atomic mass is 79.9. The first-order chi connectivity index (χ1) is 6.40. The Morgan fingerprint density at radius 1 is 1.36 bits per heavy atom. The van der Waals surface area contributed by atoms with E-state index in [4.69, 9.17) is 0 Å². The largest absolute Gasteiger partial charge is 0.143 e. The highest BCUT2D eigenvalue weighted by Crippen LogP contribution is 2.28. The van der Waals surface area contributed by atoms with Crippen LogP contribution in [0.15, 0.2) is 22.1 Å². The van der Waals surface area contributed by atoms with E-state index < -0.39 is 0 Å². The molecule has 0 saturated carbocycles. The molecule has 0 aliphatic carbocycles. The summed E-state index contributed by atoms with van der Waals surface area (Å²) in [5.41, 5.74) is 2.73. The normalized spacial score (nSPS) is 17.1. The van der Waals surface area contributed by atoms with Gasteiger partial charge in [-0.3, -0.25) is 0 Å². The molecule has 0 aromatic rings. The molecule has 0 spiro atoms. The van der Waals surface area contributed by atoms with Crippen LogP contribution in [0.4, 0.5) is 0 Å². The average Bonchev–Trinajstić information content (AvgIpc) is 2.03. The molecule has 0 bridgehead atoms. The maximum absolute atomic E-state index is 4.56.